The lowest BCUT2D eigenvalue weighted by atomic mass is 9.79. The third-order valence-corrected chi connectivity index (χ3v) is 13.9. The van der Waals surface area contributed by atoms with Crippen LogP contribution < -0.4 is 10.4 Å². The molecular weight excluding hydrogens is 480 g/mol. The van der Waals surface area contributed by atoms with E-state index in [0.29, 0.717) is 19.4 Å². The summed E-state index contributed by atoms with van der Waals surface area (Å²) in [4.78, 5) is 11.9. The number of fused-ring (bicyclic) bond motifs is 1. The highest BCUT2D eigenvalue weighted by atomic mass is 28.4. The summed E-state index contributed by atoms with van der Waals surface area (Å²) in [5.74, 6) is -0.822. The highest BCUT2D eigenvalue weighted by Gasteiger charge is 2.58. The van der Waals surface area contributed by atoms with Crippen molar-refractivity contribution in [2.75, 3.05) is 6.61 Å². The summed E-state index contributed by atoms with van der Waals surface area (Å²) in [7, 11) is -2.55. The maximum Gasteiger partial charge on any atom is 0.308 e. The minimum absolute atomic E-state index is 0.0405. The van der Waals surface area contributed by atoms with E-state index < -0.39 is 14.1 Å². The molecule has 0 amide bonds. The normalized spacial score (nSPS) is 32.2. The van der Waals surface area contributed by atoms with Crippen LogP contribution in [0.1, 0.15) is 73.1 Å². The van der Waals surface area contributed by atoms with E-state index in [4.69, 9.17) is 18.6 Å². The Morgan fingerprint density at radius 1 is 0.946 bits per heavy atom. The highest BCUT2D eigenvalue weighted by molar-refractivity contribution is 6.99. The molecule has 0 aliphatic carbocycles. The van der Waals surface area contributed by atoms with E-state index >= 15 is 0 Å². The summed E-state index contributed by atoms with van der Waals surface area (Å²) in [5, 5.41) is 2.56. The van der Waals surface area contributed by atoms with Gasteiger partial charge in [0.2, 0.25) is 5.79 Å². The van der Waals surface area contributed by atoms with E-state index in [1.807, 2.05) is 0 Å². The smallest absolute Gasteiger partial charge is 0.308 e. The van der Waals surface area contributed by atoms with Gasteiger partial charge in [-0.3, -0.25) is 4.79 Å². The van der Waals surface area contributed by atoms with Gasteiger partial charge in [-0.1, -0.05) is 88.4 Å². The Morgan fingerprint density at radius 3 is 2.11 bits per heavy atom. The molecule has 0 radical (unpaired) electrons. The number of ether oxygens (including phenoxy) is 3. The van der Waals surface area contributed by atoms with Gasteiger partial charge in [0.25, 0.3) is 8.32 Å². The number of carbonyl (C=O) groups is 1. The Hall–Kier alpha value is -1.99. The molecule has 37 heavy (non-hydrogen) atoms. The number of benzene rings is 2. The van der Waals surface area contributed by atoms with E-state index in [1.165, 1.54) is 10.4 Å². The number of carbonyl (C=O) groups excluding carboxylic acids is 1. The first kappa shape index (κ1) is 26.6. The summed E-state index contributed by atoms with van der Waals surface area (Å²) in [6, 6.07) is 21.6. The third-order valence-electron chi connectivity index (χ3n) is 8.86. The fourth-order valence-electron chi connectivity index (χ4n) is 6.77. The number of hydrogen-bond donors (Lipinski definition) is 0. The van der Waals surface area contributed by atoms with Crippen molar-refractivity contribution in [2.24, 2.45) is 5.92 Å². The van der Waals surface area contributed by atoms with Crippen LogP contribution in [0, 0.1) is 5.92 Å². The van der Waals surface area contributed by atoms with Crippen molar-refractivity contribution in [3.8, 4) is 0 Å². The maximum absolute atomic E-state index is 11.9. The van der Waals surface area contributed by atoms with Gasteiger partial charge in [-0.05, 0) is 48.0 Å². The largest absolute Gasteiger partial charge is 0.433 e. The molecule has 5 nitrogen and oxygen atoms in total. The monoisotopic (exact) mass is 522 g/mol. The van der Waals surface area contributed by atoms with Crippen LogP contribution in [0.25, 0.3) is 0 Å². The van der Waals surface area contributed by atoms with Crippen LogP contribution in [0.2, 0.25) is 5.04 Å². The molecule has 200 valence electrons. The fraction of sp³-hybridized carbons (Fsp3) is 0.581. The molecule has 2 aromatic rings. The number of hydrogen-bond acceptors (Lipinski definition) is 5. The number of rotatable bonds is 6. The van der Waals surface area contributed by atoms with Crippen molar-refractivity contribution in [3.05, 3.63) is 60.7 Å². The Bertz CT molecular complexity index is 1040. The molecule has 2 aromatic carbocycles. The van der Waals surface area contributed by atoms with Crippen LogP contribution in [-0.2, 0) is 23.4 Å². The van der Waals surface area contributed by atoms with Gasteiger partial charge in [-0.15, -0.1) is 0 Å². The van der Waals surface area contributed by atoms with E-state index in [-0.39, 0.29) is 34.7 Å². The van der Waals surface area contributed by atoms with Crippen LogP contribution in [0.3, 0.4) is 0 Å². The first-order valence-electron chi connectivity index (χ1n) is 13.9. The van der Waals surface area contributed by atoms with Crippen molar-refractivity contribution in [1.29, 1.82) is 0 Å². The molecule has 0 N–H and O–H groups in total. The molecule has 3 heterocycles. The van der Waals surface area contributed by atoms with Gasteiger partial charge >= 0.3 is 5.97 Å². The minimum atomic E-state index is -2.55. The fourth-order valence-corrected chi connectivity index (χ4v) is 11.3. The Labute approximate surface area is 223 Å². The first-order valence-corrected chi connectivity index (χ1v) is 15.8. The maximum atomic E-state index is 11.9. The molecule has 3 aliphatic rings. The van der Waals surface area contributed by atoms with E-state index in [9.17, 15) is 4.79 Å². The zero-order valence-electron chi connectivity index (χ0n) is 23.0. The van der Waals surface area contributed by atoms with Gasteiger partial charge in [0.1, 0.15) is 0 Å². The molecule has 3 saturated heterocycles. The van der Waals surface area contributed by atoms with Crippen molar-refractivity contribution in [3.63, 3.8) is 0 Å². The van der Waals surface area contributed by atoms with Gasteiger partial charge < -0.3 is 18.6 Å². The van der Waals surface area contributed by atoms with E-state index in [2.05, 4.69) is 95.3 Å². The number of esters is 1. The third kappa shape index (κ3) is 4.82. The van der Waals surface area contributed by atoms with Crippen molar-refractivity contribution >= 4 is 24.7 Å². The molecule has 1 spiro atoms. The lowest BCUT2D eigenvalue weighted by molar-refractivity contribution is -0.331. The second kappa shape index (κ2) is 9.95. The topological polar surface area (TPSA) is 54.0 Å². The van der Waals surface area contributed by atoms with Crippen LogP contribution in [0.5, 0.6) is 0 Å². The second-order valence-electron chi connectivity index (χ2n) is 12.4. The summed E-state index contributed by atoms with van der Waals surface area (Å²) >= 11 is 0. The molecule has 0 saturated carbocycles. The van der Waals surface area contributed by atoms with Crippen molar-refractivity contribution in [2.45, 2.75) is 102 Å². The van der Waals surface area contributed by atoms with Gasteiger partial charge in [0, 0.05) is 18.9 Å². The SMILES string of the molecule is C[C@H]1CC(=O)OC12CC[C@]1(C)O[C@H](CCO[Si](c3ccccc3)(c3ccccc3)C(C)(C)C)CC[C@H]1O2. The molecule has 0 bridgehead atoms. The van der Waals surface area contributed by atoms with Gasteiger partial charge in [0.15, 0.2) is 0 Å². The molecule has 0 aromatic heterocycles. The average Bonchev–Trinajstić information content (AvgIpc) is 3.14. The van der Waals surface area contributed by atoms with Crippen LogP contribution in [0.4, 0.5) is 0 Å². The zero-order valence-corrected chi connectivity index (χ0v) is 24.0. The lowest BCUT2D eigenvalue weighted by Crippen LogP contribution is -2.66. The lowest BCUT2D eigenvalue weighted by Gasteiger charge is -2.52. The molecule has 3 aliphatic heterocycles. The molecule has 6 heteroatoms. The van der Waals surface area contributed by atoms with Gasteiger partial charge in [0.05, 0.1) is 24.2 Å². The summed E-state index contributed by atoms with van der Waals surface area (Å²) in [6.07, 6.45) is 4.72. The standard InChI is InChI=1S/C31H42O5Si/c1-23-22-28(32)36-31(23)20-19-30(5)27(35-31)17-16-24(34-30)18-21-33-37(29(2,3)4,25-12-8-6-9-13-25)26-14-10-7-11-15-26/h6-15,23-24,27H,16-22H2,1-5H3/t23-,24-,27+,30-,31?/m0/s1. The predicted molar refractivity (Wildman–Crippen MR) is 147 cm³/mol. The quantitative estimate of drug-likeness (QED) is 0.378. The van der Waals surface area contributed by atoms with E-state index in [0.717, 1.165) is 25.7 Å². The molecule has 5 rings (SSSR count). The summed E-state index contributed by atoms with van der Waals surface area (Å²) < 4.78 is 26.0. The minimum Gasteiger partial charge on any atom is -0.433 e. The Morgan fingerprint density at radius 2 is 1.57 bits per heavy atom. The van der Waals surface area contributed by atoms with Gasteiger partial charge in [-0.25, -0.2) is 0 Å². The van der Waals surface area contributed by atoms with E-state index in [1.54, 1.807) is 0 Å². The molecular formula is C31H42O5Si. The van der Waals surface area contributed by atoms with Gasteiger partial charge in [-0.2, -0.15) is 0 Å². The second-order valence-corrected chi connectivity index (χ2v) is 16.7. The average molecular weight is 523 g/mol. The Kier molecular flexibility index (Phi) is 7.16. The first-order chi connectivity index (χ1) is 17.6. The molecule has 5 atom stereocenters. The molecule has 1 unspecified atom stereocenters. The summed E-state index contributed by atoms with van der Waals surface area (Å²) in [6.45, 7) is 11.8. The van der Waals surface area contributed by atoms with Crippen LogP contribution in [-0.4, -0.2) is 44.5 Å². The van der Waals surface area contributed by atoms with Crippen molar-refractivity contribution < 1.29 is 23.4 Å². The Balaban J connectivity index is 1.30. The van der Waals surface area contributed by atoms with Crippen molar-refractivity contribution in [1.82, 2.24) is 0 Å². The summed E-state index contributed by atoms with van der Waals surface area (Å²) in [5.41, 5.74) is -0.361. The molecule has 3 fully saturated rings. The highest BCUT2D eigenvalue weighted by Crippen LogP contribution is 2.49. The van der Waals surface area contributed by atoms with Crippen LogP contribution in [0.15, 0.2) is 60.7 Å². The zero-order chi connectivity index (χ0) is 26.3. The predicted octanol–water partition coefficient (Wildman–Crippen LogP) is 5.35. The van der Waals surface area contributed by atoms with Crippen LogP contribution >= 0.6 is 0 Å².